The second kappa shape index (κ2) is 6.10. The SMILES string of the molecule is CCCn1cc(S(=O)(=O)NC(C)(C)C2CC2)cc1CNC. The zero-order chi connectivity index (χ0) is 15.7. The molecule has 2 N–H and O–H groups in total. The number of sulfonamides is 1. The molecule has 1 heterocycles. The second-order valence-electron chi connectivity index (χ2n) is 6.49. The number of hydrogen-bond donors (Lipinski definition) is 2. The molecule has 0 saturated heterocycles. The van der Waals surface area contributed by atoms with Crippen molar-refractivity contribution in [3.8, 4) is 0 Å². The van der Waals surface area contributed by atoms with Gasteiger partial charge in [-0.15, -0.1) is 0 Å². The molecule has 0 spiro atoms. The van der Waals surface area contributed by atoms with E-state index in [1.807, 2.05) is 25.5 Å². The molecule has 6 heteroatoms. The van der Waals surface area contributed by atoms with E-state index in [1.54, 1.807) is 12.3 Å². The van der Waals surface area contributed by atoms with E-state index in [0.717, 1.165) is 31.5 Å². The fourth-order valence-corrected chi connectivity index (χ4v) is 4.28. The number of aryl methyl sites for hydroxylation is 1. The third kappa shape index (κ3) is 3.87. The number of aromatic nitrogens is 1. The smallest absolute Gasteiger partial charge is 0.242 e. The van der Waals surface area contributed by atoms with Gasteiger partial charge in [0, 0.05) is 30.5 Å². The van der Waals surface area contributed by atoms with Gasteiger partial charge in [0.2, 0.25) is 10.0 Å². The van der Waals surface area contributed by atoms with Crippen molar-refractivity contribution in [3.63, 3.8) is 0 Å². The lowest BCUT2D eigenvalue weighted by atomic mass is 10.0. The van der Waals surface area contributed by atoms with Gasteiger partial charge in [-0.25, -0.2) is 13.1 Å². The van der Waals surface area contributed by atoms with Gasteiger partial charge in [-0.1, -0.05) is 6.92 Å². The molecular formula is C15H27N3O2S. The first kappa shape index (κ1) is 16.5. The van der Waals surface area contributed by atoms with Crippen LogP contribution in [0.2, 0.25) is 0 Å². The molecule has 0 amide bonds. The molecule has 1 aromatic rings. The van der Waals surface area contributed by atoms with Crippen molar-refractivity contribution < 1.29 is 8.42 Å². The molecule has 1 fully saturated rings. The Bertz CT molecular complexity index is 563. The lowest BCUT2D eigenvalue weighted by molar-refractivity contribution is 0.400. The van der Waals surface area contributed by atoms with Crippen molar-refractivity contribution >= 4 is 10.0 Å². The Kier molecular flexibility index (Phi) is 4.80. The monoisotopic (exact) mass is 313 g/mol. The summed E-state index contributed by atoms with van der Waals surface area (Å²) in [5.74, 6) is 0.460. The zero-order valence-corrected chi connectivity index (χ0v) is 14.3. The molecule has 0 bridgehead atoms. The first-order chi connectivity index (χ1) is 9.80. The van der Waals surface area contributed by atoms with Crippen LogP contribution in [0.15, 0.2) is 17.2 Å². The van der Waals surface area contributed by atoms with E-state index in [4.69, 9.17) is 0 Å². The zero-order valence-electron chi connectivity index (χ0n) is 13.4. The number of hydrogen-bond acceptors (Lipinski definition) is 3. The highest BCUT2D eigenvalue weighted by Crippen LogP contribution is 2.40. The largest absolute Gasteiger partial charge is 0.349 e. The maximum atomic E-state index is 12.6. The Morgan fingerprint density at radius 1 is 1.38 bits per heavy atom. The third-order valence-electron chi connectivity index (χ3n) is 4.09. The van der Waals surface area contributed by atoms with Crippen LogP contribution in [0, 0.1) is 5.92 Å². The quantitative estimate of drug-likeness (QED) is 0.772. The van der Waals surface area contributed by atoms with Gasteiger partial charge < -0.3 is 9.88 Å². The maximum absolute atomic E-state index is 12.6. The summed E-state index contributed by atoms with van der Waals surface area (Å²) in [5.41, 5.74) is 0.637. The maximum Gasteiger partial charge on any atom is 0.242 e. The first-order valence-corrected chi connectivity index (χ1v) is 9.16. The van der Waals surface area contributed by atoms with Gasteiger partial charge in [-0.05, 0) is 52.1 Å². The lowest BCUT2D eigenvalue weighted by Crippen LogP contribution is -2.44. The number of nitrogens with one attached hydrogen (secondary N) is 2. The van der Waals surface area contributed by atoms with Gasteiger partial charge in [0.05, 0.1) is 4.90 Å². The molecule has 21 heavy (non-hydrogen) atoms. The minimum absolute atomic E-state index is 0.366. The molecule has 120 valence electrons. The topological polar surface area (TPSA) is 63.1 Å². The molecular weight excluding hydrogens is 286 g/mol. The lowest BCUT2D eigenvalue weighted by Gasteiger charge is -2.25. The predicted molar refractivity (Wildman–Crippen MR) is 84.6 cm³/mol. The van der Waals surface area contributed by atoms with Gasteiger partial charge in [-0.3, -0.25) is 0 Å². The van der Waals surface area contributed by atoms with Crippen molar-refractivity contribution in [2.45, 2.75) is 63.6 Å². The minimum Gasteiger partial charge on any atom is -0.349 e. The van der Waals surface area contributed by atoms with Crippen LogP contribution in [0.3, 0.4) is 0 Å². The summed E-state index contributed by atoms with van der Waals surface area (Å²) < 4.78 is 30.1. The molecule has 1 aliphatic rings. The van der Waals surface area contributed by atoms with Crippen LogP contribution in [0.4, 0.5) is 0 Å². The van der Waals surface area contributed by atoms with Crippen molar-refractivity contribution in [1.29, 1.82) is 0 Å². The molecule has 0 unspecified atom stereocenters. The molecule has 2 rings (SSSR count). The molecule has 0 atom stereocenters. The van der Waals surface area contributed by atoms with Gasteiger partial charge in [0.25, 0.3) is 0 Å². The van der Waals surface area contributed by atoms with E-state index in [9.17, 15) is 8.42 Å². The first-order valence-electron chi connectivity index (χ1n) is 7.68. The van der Waals surface area contributed by atoms with Crippen molar-refractivity contribution in [1.82, 2.24) is 14.6 Å². The van der Waals surface area contributed by atoms with Gasteiger partial charge in [0.15, 0.2) is 0 Å². The Morgan fingerprint density at radius 2 is 2.05 bits per heavy atom. The fourth-order valence-electron chi connectivity index (χ4n) is 2.74. The summed E-state index contributed by atoms with van der Waals surface area (Å²) in [6, 6.07) is 1.78. The van der Waals surface area contributed by atoms with Gasteiger partial charge >= 0.3 is 0 Å². The van der Waals surface area contributed by atoms with Crippen molar-refractivity contribution in [2.75, 3.05) is 7.05 Å². The standard InChI is InChI=1S/C15H27N3O2S/c1-5-8-18-11-14(9-13(18)10-16-4)21(19,20)17-15(2,3)12-6-7-12/h9,11-12,16-17H,5-8,10H2,1-4H3. The molecule has 1 aliphatic carbocycles. The second-order valence-corrected chi connectivity index (χ2v) is 8.17. The average molecular weight is 313 g/mol. The fraction of sp³-hybridized carbons (Fsp3) is 0.733. The Hall–Kier alpha value is -0.850. The van der Waals surface area contributed by atoms with E-state index >= 15 is 0 Å². The molecule has 1 aromatic heterocycles. The molecule has 0 aliphatic heterocycles. The van der Waals surface area contributed by atoms with Crippen LogP contribution in [-0.4, -0.2) is 25.6 Å². The van der Waals surface area contributed by atoms with E-state index in [2.05, 4.69) is 17.0 Å². The minimum atomic E-state index is -3.46. The number of rotatable bonds is 8. The van der Waals surface area contributed by atoms with Crippen LogP contribution < -0.4 is 10.0 Å². The molecule has 0 radical (unpaired) electrons. The highest BCUT2D eigenvalue weighted by Gasteiger charge is 2.40. The summed E-state index contributed by atoms with van der Waals surface area (Å²) in [6.45, 7) is 7.53. The highest BCUT2D eigenvalue weighted by atomic mass is 32.2. The summed E-state index contributed by atoms with van der Waals surface area (Å²) in [7, 11) is -1.59. The summed E-state index contributed by atoms with van der Waals surface area (Å²) in [6.07, 6.45) is 4.95. The van der Waals surface area contributed by atoms with Crippen LogP contribution in [0.25, 0.3) is 0 Å². The van der Waals surface area contributed by atoms with Crippen LogP contribution in [-0.2, 0) is 23.1 Å². The molecule has 5 nitrogen and oxygen atoms in total. The van der Waals surface area contributed by atoms with Gasteiger partial charge in [-0.2, -0.15) is 0 Å². The molecule has 0 aromatic carbocycles. The average Bonchev–Trinajstić information content (AvgIpc) is 3.14. The van der Waals surface area contributed by atoms with E-state index < -0.39 is 10.0 Å². The van der Waals surface area contributed by atoms with E-state index in [1.165, 1.54) is 0 Å². The van der Waals surface area contributed by atoms with Crippen molar-refractivity contribution in [3.05, 3.63) is 18.0 Å². The third-order valence-corrected chi connectivity index (χ3v) is 5.73. The van der Waals surface area contributed by atoms with Crippen LogP contribution in [0.5, 0.6) is 0 Å². The van der Waals surface area contributed by atoms with Crippen molar-refractivity contribution in [2.24, 2.45) is 5.92 Å². The van der Waals surface area contributed by atoms with Gasteiger partial charge in [0.1, 0.15) is 0 Å². The predicted octanol–water partition coefficient (Wildman–Crippen LogP) is 2.08. The summed E-state index contributed by atoms with van der Waals surface area (Å²) in [5, 5.41) is 3.09. The Morgan fingerprint density at radius 3 is 2.57 bits per heavy atom. The number of nitrogens with zero attached hydrogens (tertiary/aromatic N) is 1. The van der Waals surface area contributed by atoms with E-state index in [-0.39, 0.29) is 5.54 Å². The highest BCUT2D eigenvalue weighted by molar-refractivity contribution is 7.89. The molecule has 1 saturated carbocycles. The van der Waals surface area contributed by atoms with Crippen LogP contribution in [0.1, 0.15) is 45.7 Å². The normalized spacial score (nSPS) is 16.4. The summed E-state index contributed by atoms with van der Waals surface area (Å²) in [4.78, 5) is 0.370. The Balaban J connectivity index is 2.24. The summed E-state index contributed by atoms with van der Waals surface area (Å²) >= 11 is 0. The van der Waals surface area contributed by atoms with E-state index in [0.29, 0.717) is 17.4 Å². The van der Waals surface area contributed by atoms with Crippen LogP contribution >= 0.6 is 0 Å². The Labute approximate surface area is 128 Å².